The van der Waals surface area contributed by atoms with E-state index >= 15 is 0 Å². The van der Waals surface area contributed by atoms with Crippen molar-refractivity contribution < 1.29 is 14.3 Å². The third-order valence-corrected chi connectivity index (χ3v) is 3.91. The Morgan fingerprint density at radius 2 is 2.00 bits per heavy atom. The predicted octanol–water partition coefficient (Wildman–Crippen LogP) is 1.82. The van der Waals surface area contributed by atoms with E-state index in [0.29, 0.717) is 24.3 Å². The van der Waals surface area contributed by atoms with Gasteiger partial charge in [0.2, 0.25) is 5.91 Å². The zero-order valence-corrected chi connectivity index (χ0v) is 13.0. The highest BCUT2D eigenvalue weighted by Gasteiger charge is 2.49. The molecule has 1 aromatic carbocycles. The molecule has 2 amide bonds. The van der Waals surface area contributed by atoms with Crippen LogP contribution in [0.4, 0.5) is 0 Å². The van der Waals surface area contributed by atoms with E-state index in [2.05, 4.69) is 5.32 Å². The van der Waals surface area contributed by atoms with Crippen molar-refractivity contribution in [3.63, 3.8) is 0 Å². The second-order valence-electron chi connectivity index (χ2n) is 5.81. The van der Waals surface area contributed by atoms with Gasteiger partial charge >= 0.3 is 0 Å². The number of ether oxygens (including phenoxy) is 1. The van der Waals surface area contributed by atoms with Crippen molar-refractivity contribution in [1.29, 1.82) is 0 Å². The van der Waals surface area contributed by atoms with E-state index in [4.69, 9.17) is 4.74 Å². The van der Waals surface area contributed by atoms with Crippen LogP contribution in [0.15, 0.2) is 24.3 Å². The van der Waals surface area contributed by atoms with Crippen LogP contribution in [0.2, 0.25) is 0 Å². The molecule has 5 heteroatoms. The zero-order chi connectivity index (χ0) is 15.6. The van der Waals surface area contributed by atoms with Crippen molar-refractivity contribution in [3.8, 4) is 5.75 Å². The zero-order valence-electron chi connectivity index (χ0n) is 13.0. The fourth-order valence-corrected chi connectivity index (χ4v) is 2.51. The lowest BCUT2D eigenvalue weighted by molar-refractivity contribution is -0.138. The minimum absolute atomic E-state index is 0.0538. The van der Waals surface area contributed by atoms with Crippen LogP contribution in [0, 0.1) is 0 Å². The maximum absolute atomic E-state index is 12.7. The first-order chi connectivity index (χ1) is 9.90. The van der Waals surface area contributed by atoms with Crippen molar-refractivity contribution in [2.45, 2.75) is 38.8 Å². The average Bonchev–Trinajstić information content (AvgIpc) is 2.44. The summed E-state index contributed by atoms with van der Waals surface area (Å²) in [6, 6.07) is 7.13. The SMILES string of the molecule is COc1ccccc1C(=O)N1CCC1(C)C(=O)NC(C)C. The van der Waals surface area contributed by atoms with E-state index in [9.17, 15) is 9.59 Å². The van der Waals surface area contributed by atoms with Crippen LogP contribution in [0.25, 0.3) is 0 Å². The highest BCUT2D eigenvalue weighted by Crippen LogP contribution is 2.34. The van der Waals surface area contributed by atoms with Gasteiger partial charge in [-0.2, -0.15) is 0 Å². The lowest BCUT2D eigenvalue weighted by atomic mass is 9.84. The summed E-state index contributed by atoms with van der Waals surface area (Å²) in [6.45, 7) is 6.21. The van der Waals surface area contributed by atoms with Gasteiger partial charge in [-0.05, 0) is 39.3 Å². The van der Waals surface area contributed by atoms with Gasteiger partial charge in [-0.25, -0.2) is 0 Å². The highest BCUT2D eigenvalue weighted by molar-refractivity contribution is 6.02. The quantitative estimate of drug-likeness (QED) is 0.920. The number of methoxy groups -OCH3 is 1. The molecular formula is C16H22N2O3. The summed E-state index contributed by atoms with van der Waals surface area (Å²) in [7, 11) is 1.53. The van der Waals surface area contributed by atoms with Crippen LogP contribution < -0.4 is 10.1 Å². The van der Waals surface area contributed by atoms with Gasteiger partial charge in [0, 0.05) is 12.6 Å². The Bertz CT molecular complexity index is 556. The molecule has 1 aliphatic heterocycles. The number of nitrogens with one attached hydrogen (secondary N) is 1. The molecule has 0 radical (unpaired) electrons. The molecule has 21 heavy (non-hydrogen) atoms. The third-order valence-electron chi connectivity index (χ3n) is 3.91. The first kappa shape index (κ1) is 15.4. The lowest BCUT2D eigenvalue weighted by Crippen LogP contribution is -2.67. The molecule has 1 aliphatic rings. The van der Waals surface area contributed by atoms with Crippen LogP contribution in [0.5, 0.6) is 5.75 Å². The van der Waals surface area contributed by atoms with Crippen molar-refractivity contribution in [2.75, 3.05) is 13.7 Å². The Labute approximate surface area is 125 Å². The maximum Gasteiger partial charge on any atom is 0.258 e. The molecule has 1 saturated heterocycles. The number of hydrogen-bond acceptors (Lipinski definition) is 3. The van der Waals surface area contributed by atoms with Crippen LogP contribution in [-0.4, -0.2) is 41.9 Å². The van der Waals surface area contributed by atoms with Gasteiger partial charge in [0.05, 0.1) is 12.7 Å². The molecule has 0 spiro atoms. The molecule has 114 valence electrons. The van der Waals surface area contributed by atoms with E-state index in [1.54, 1.807) is 23.1 Å². The van der Waals surface area contributed by atoms with Gasteiger partial charge in [0.25, 0.3) is 5.91 Å². The fourth-order valence-electron chi connectivity index (χ4n) is 2.51. The summed E-state index contributed by atoms with van der Waals surface area (Å²) < 4.78 is 5.23. The van der Waals surface area contributed by atoms with Gasteiger partial charge in [-0.15, -0.1) is 0 Å². The number of benzene rings is 1. The molecular weight excluding hydrogens is 268 g/mol. The standard InChI is InChI=1S/C16H22N2O3/c1-11(2)17-15(20)16(3)9-10-18(16)14(19)12-7-5-6-8-13(12)21-4/h5-8,11H,9-10H2,1-4H3,(H,17,20). The van der Waals surface area contributed by atoms with E-state index in [1.165, 1.54) is 7.11 Å². The molecule has 0 saturated carbocycles. The molecule has 1 atom stereocenters. The molecule has 1 heterocycles. The maximum atomic E-state index is 12.7. The molecule has 0 aromatic heterocycles. The molecule has 1 aromatic rings. The minimum atomic E-state index is -0.776. The summed E-state index contributed by atoms with van der Waals surface area (Å²) in [5, 5.41) is 2.89. The Morgan fingerprint density at radius 1 is 1.33 bits per heavy atom. The summed E-state index contributed by atoms with van der Waals surface area (Å²) in [4.78, 5) is 26.6. The van der Waals surface area contributed by atoms with Crippen molar-refractivity contribution >= 4 is 11.8 Å². The summed E-state index contributed by atoms with van der Waals surface area (Å²) in [5.74, 6) is 0.258. The number of hydrogen-bond donors (Lipinski definition) is 1. The number of nitrogens with zero attached hydrogens (tertiary/aromatic N) is 1. The molecule has 2 rings (SSSR count). The van der Waals surface area contributed by atoms with Crippen LogP contribution in [0.1, 0.15) is 37.6 Å². The molecule has 0 bridgehead atoms. The molecule has 0 aliphatic carbocycles. The first-order valence-electron chi connectivity index (χ1n) is 7.16. The van der Waals surface area contributed by atoms with Gasteiger partial charge in [-0.1, -0.05) is 12.1 Å². The minimum Gasteiger partial charge on any atom is -0.496 e. The van der Waals surface area contributed by atoms with Gasteiger partial charge in [0.15, 0.2) is 0 Å². The largest absolute Gasteiger partial charge is 0.496 e. The first-order valence-corrected chi connectivity index (χ1v) is 7.16. The van der Waals surface area contributed by atoms with Crippen molar-refractivity contribution in [2.24, 2.45) is 0 Å². The Hall–Kier alpha value is -2.04. The molecule has 5 nitrogen and oxygen atoms in total. The molecule has 1 unspecified atom stereocenters. The fraction of sp³-hybridized carbons (Fsp3) is 0.500. The number of amides is 2. The monoisotopic (exact) mass is 290 g/mol. The van der Waals surface area contributed by atoms with Gasteiger partial charge in [-0.3, -0.25) is 9.59 Å². The second-order valence-corrected chi connectivity index (χ2v) is 5.81. The Balaban J connectivity index is 2.22. The Kier molecular flexibility index (Phi) is 4.21. The van der Waals surface area contributed by atoms with E-state index in [1.807, 2.05) is 26.8 Å². The van der Waals surface area contributed by atoms with Crippen LogP contribution in [0.3, 0.4) is 0 Å². The van der Waals surface area contributed by atoms with Crippen LogP contribution in [-0.2, 0) is 4.79 Å². The van der Waals surface area contributed by atoms with Crippen molar-refractivity contribution in [1.82, 2.24) is 10.2 Å². The number of rotatable bonds is 4. The predicted molar refractivity (Wildman–Crippen MR) is 80.3 cm³/mol. The lowest BCUT2D eigenvalue weighted by Gasteiger charge is -2.49. The smallest absolute Gasteiger partial charge is 0.258 e. The molecule has 1 N–H and O–H groups in total. The number of para-hydroxylation sites is 1. The van der Waals surface area contributed by atoms with Crippen LogP contribution >= 0.6 is 0 Å². The molecule has 1 fully saturated rings. The number of carbonyl (C=O) groups excluding carboxylic acids is 2. The Morgan fingerprint density at radius 3 is 2.52 bits per heavy atom. The van der Waals surface area contributed by atoms with E-state index < -0.39 is 5.54 Å². The van der Waals surface area contributed by atoms with Crippen molar-refractivity contribution in [3.05, 3.63) is 29.8 Å². The highest BCUT2D eigenvalue weighted by atomic mass is 16.5. The third kappa shape index (κ3) is 2.73. The van der Waals surface area contributed by atoms with E-state index in [0.717, 1.165) is 0 Å². The van der Waals surface area contributed by atoms with Gasteiger partial charge < -0.3 is 15.0 Å². The second kappa shape index (κ2) is 5.76. The topological polar surface area (TPSA) is 58.6 Å². The summed E-state index contributed by atoms with van der Waals surface area (Å²) in [5.41, 5.74) is -0.286. The number of carbonyl (C=O) groups is 2. The summed E-state index contributed by atoms with van der Waals surface area (Å²) >= 11 is 0. The van der Waals surface area contributed by atoms with Gasteiger partial charge in [0.1, 0.15) is 11.3 Å². The summed E-state index contributed by atoms with van der Waals surface area (Å²) in [6.07, 6.45) is 0.673. The normalized spacial score (nSPS) is 20.9. The average molecular weight is 290 g/mol. The number of likely N-dealkylation sites (tertiary alicyclic amines) is 1. The van der Waals surface area contributed by atoms with E-state index in [-0.39, 0.29) is 17.9 Å².